The maximum Gasteiger partial charge on any atom is 0.134 e. The molecule has 0 fully saturated rings. The first kappa shape index (κ1) is 8.78. The summed E-state index contributed by atoms with van der Waals surface area (Å²) in [6.45, 7) is 1.57. The molecule has 0 aliphatic rings. The normalized spacial score (nSPS) is 9.50. The summed E-state index contributed by atoms with van der Waals surface area (Å²) in [5.41, 5.74) is 0.920. The zero-order valence-electron chi connectivity index (χ0n) is 7.26. The quantitative estimate of drug-likeness (QED) is 0.677. The number of hydrogen-bond donors (Lipinski definition) is 0. The zero-order valence-corrected chi connectivity index (χ0v) is 7.26. The number of ether oxygens (including phenoxy) is 1. The Bertz CT molecular complexity index is 279. The largest absolute Gasteiger partial charge is 0.496 e. The third-order valence-corrected chi connectivity index (χ3v) is 1.57. The first-order valence-electron chi connectivity index (χ1n) is 3.76. The van der Waals surface area contributed by atoms with Gasteiger partial charge < -0.3 is 4.74 Å². The van der Waals surface area contributed by atoms with Crippen LogP contribution in [0, 0.1) is 6.07 Å². The number of carbonyl (C=O) groups is 1. The highest BCUT2D eigenvalue weighted by molar-refractivity contribution is 5.78. The highest BCUT2D eigenvalue weighted by atomic mass is 16.5. The van der Waals surface area contributed by atoms with Crippen molar-refractivity contribution in [2.75, 3.05) is 7.11 Å². The molecule has 1 rings (SSSR count). The van der Waals surface area contributed by atoms with Crippen LogP contribution >= 0.6 is 0 Å². The second-order valence-electron chi connectivity index (χ2n) is 2.62. The van der Waals surface area contributed by atoms with E-state index in [9.17, 15) is 4.79 Å². The van der Waals surface area contributed by atoms with E-state index in [4.69, 9.17) is 4.74 Å². The number of methoxy groups -OCH3 is 1. The Morgan fingerprint density at radius 1 is 1.67 bits per heavy atom. The molecule has 12 heavy (non-hydrogen) atoms. The van der Waals surface area contributed by atoms with E-state index in [-0.39, 0.29) is 5.78 Å². The molecule has 1 aromatic carbocycles. The van der Waals surface area contributed by atoms with Crippen molar-refractivity contribution in [3.63, 3.8) is 0 Å². The smallest absolute Gasteiger partial charge is 0.134 e. The van der Waals surface area contributed by atoms with Crippen LogP contribution in [-0.2, 0) is 11.2 Å². The molecule has 2 nitrogen and oxygen atoms in total. The molecule has 0 unspecified atom stereocenters. The fourth-order valence-corrected chi connectivity index (χ4v) is 1.05. The Balaban J connectivity index is 2.89. The molecule has 1 aromatic rings. The van der Waals surface area contributed by atoms with Gasteiger partial charge in [0.15, 0.2) is 0 Å². The van der Waals surface area contributed by atoms with Gasteiger partial charge in [-0.1, -0.05) is 12.1 Å². The van der Waals surface area contributed by atoms with E-state index >= 15 is 0 Å². The predicted molar refractivity (Wildman–Crippen MR) is 46.2 cm³/mol. The van der Waals surface area contributed by atoms with Crippen LogP contribution in [-0.4, -0.2) is 12.9 Å². The van der Waals surface area contributed by atoms with E-state index in [0.717, 1.165) is 11.3 Å². The van der Waals surface area contributed by atoms with Crippen LogP contribution < -0.4 is 4.74 Å². The van der Waals surface area contributed by atoms with Gasteiger partial charge in [0.2, 0.25) is 0 Å². The summed E-state index contributed by atoms with van der Waals surface area (Å²) in [6.07, 6.45) is 0.428. The van der Waals surface area contributed by atoms with Gasteiger partial charge in [-0.3, -0.25) is 4.79 Å². The number of hydrogen-bond acceptors (Lipinski definition) is 2. The Kier molecular flexibility index (Phi) is 2.86. The van der Waals surface area contributed by atoms with Crippen molar-refractivity contribution in [2.45, 2.75) is 13.3 Å². The third kappa shape index (κ3) is 2.09. The summed E-state index contributed by atoms with van der Waals surface area (Å²) < 4.78 is 5.06. The number of benzene rings is 1. The van der Waals surface area contributed by atoms with Crippen molar-refractivity contribution in [3.05, 3.63) is 29.8 Å². The Hall–Kier alpha value is -1.31. The molecule has 1 radical (unpaired) electrons. The molecule has 0 spiro atoms. The minimum Gasteiger partial charge on any atom is -0.496 e. The molecule has 0 aliphatic heterocycles. The highest BCUT2D eigenvalue weighted by Gasteiger charge is 2.03. The maximum absolute atomic E-state index is 10.8. The van der Waals surface area contributed by atoms with Gasteiger partial charge in [0.25, 0.3) is 0 Å². The fourth-order valence-electron chi connectivity index (χ4n) is 1.05. The summed E-state index contributed by atoms with van der Waals surface area (Å²) in [5, 5.41) is 0. The standard InChI is InChI=1S/C10H11O2/c1-8(11)7-9-5-3-4-6-10(9)12-2/h3,5-6H,7H2,1-2H3. The molecular formula is C10H11O2. The van der Waals surface area contributed by atoms with Gasteiger partial charge in [0.05, 0.1) is 7.11 Å². The molecule has 0 atom stereocenters. The molecule has 0 bridgehead atoms. The van der Waals surface area contributed by atoms with Gasteiger partial charge in [0, 0.05) is 12.0 Å². The van der Waals surface area contributed by atoms with Crippen molar-refractivity contribution in [3.8, 4) is 5.75 Å². The van der Waals surface area contributed by atoms with Crippen molar-refractivity contribution in [2.24, 2.45) is 0 Å². The van der Waals surface area contributed by atoms with Crippen molar-refractivity contribution < 1.29 is 9.53 Å². The van der Waals surface area contributed by atoms with Crippen LogP contribution in [0.4, 0.5) is 0 Å². The molecule has 0 amide bonds. The summed E-state index contributed by atoms with van der Waals surface area (Å²) in [6, 6.07) is 8.25. The molecule has 0 saturated carbocycles. The molecular weight excluding hydrogens is 152 g/mol. The summed E-state index contributed by atoms with van der Waals surface area (Å²) in [4.78, 5) is 10.8. The van der Waals surface area contributed by atoms with E-state index in [2.05, 4.69) is 6.07 Å². The molecule has 0 saturated heterocycles. The molecule has 0 aliphatic carbocycles. The van der Waals surface area contributed by atoms with Gasteiger partial charge in [-0.2, -0.15) is 0 Å². The number of carbonyl (C=O) groups excluding carboxylic acids is 1. The monoisotopic (exact) mass is 163 g/mol. The van der Waals surface area contributed by atoms with Crippen LogP contribution in [0.1, 0.15) is 12.5 Å². The van der Waals surface area contributed by atoms with Crippen LogP contribution in [0.15, 0.2) is 18.2 Å². The summed E-state index contributed by atoms with van der Waals surface area (Å²) in [5.74, 6) is 0.868. The number of ketones is 1. The van der Waals surface area contributed by atoms with E-state index < -0.39 is 0 Å². The van der Waals surface area contributed by atoms with Crippen LogP contribution in [0.5, 0.6) is 5.75 Å². The van der Waals surface area contributed by atoms with E-state index in [0.29, 0.717) is 6.42 Å². The number of rotatable bonds is 3. The molecule has 0 N–H and O–H groups in total. The number of Topliss-reactive ketones (excluding diaryl/α,β-unsaturated/α-hetero) is 1. The van der Waals surface area contributed by atoms with Gasteiger partial charge in [-0.15, -0.1) is 0 Å². The first-order valence-corrected chi connectivity index (χ1v) is 3.76. The SMILES string of the molecule is COc1c[c]ccc1CC(C)=O. The second-order valence-corrected chi connectivity index (χ2v) is 2.62. The van der Waals surface area contributed by atoms with Gasteiger partial charge in [-0.25, -0.2) is 0 Å². The Morgan fingerprint density at radius 2 is 2.42 bits per heavy atom. The average molecular weight is 163 g/mol. The molecule has 2 heteroatoms. The first-order chi connectivity index (χ1) is 5.74. The van der Waals surface area contributed by atoms with Crippen LogP contribution in [0.2, 0.25) is 0 Å². The molecule has 0 aromatic heterocycles. The lowest BCUT2D eigenvalue weighted by Crippen LogP contribution is -1.98. The second kappa shape index (κ2) is 3.90. The topological polar surface area (TPSA) is 26.3 Å². The third-order valence-electron chi connectivity index (χ3n) is 1.57. The van der Waals surface area contributed by atoms with Gasteiger partial charge in [0.1, 0.15) is 11.5 Å². The fraction of sp³-hybridized carbons (Fsp3) is 0.300. The summed E-state index contributed by atoms with van der Waals surface area (Å²) in [7, 11) is 1.59. The zero-order chi connectivity index (χ0) is 8.97. The molecule has 63 valence electrons. The van der Waals surface area contributed by atoms with Crippen molar-refractivity contribution >= 4 is 5.78 Å². The molecule has 0 heterocycles. The van der Waals surface area contributed by atoms with E-state index in [1.165, 1.54) is 0 Å². The lowest BCUT2D eigenvalue weighted by Gasteiger charge is -2.04. The Labute approximate surface area is 72.2 Å². The predicted octanol–water partition coefficient (Wildman–Crippen LogP) is 1.63. The minimum absolute atomic E-state index is 0.138. The Morgan fingerprint density at radius 3 is 3.00 bits per heavy atom. The highest BCUT2D eigenvalue weighted by Crippen LogP contribution is 2.17. The van der Waals surface area contributed by atoms with E-state index in [1.807, 2.05) is 6.07 Å². The minimum atomic E-state index is 0.138. The lowest BCUT2D eigenvalue weighted by molar-refractivity contribution is -0.116. The average Bonchev–Trinajstić information content (AvgIpc) is 2.04. The van der Waals surface area contributed by atoms with Gasteiger partial charge in [-0.05, 0) is 19.1 Å². The van der Waals surface area contributed by atoms with Crippen molar-refractivity contribution in [1.29, 1.82) is 0 Å². The lowest BCUT2D eigenvalue weighted by atomic mass is 10.1. The van der Waals surface area contributed by atoms with Crippen molar-refractivity contribution in [1.82, 2.24) is 0 Å². The summed E-state index contributed by atoms with van der Waals surface area (Å²) >= 11 is 0. The van der Waals surface area contributed by atoms with E-state index in [1.54, 1.807) is 26.2 Å². The van der Waals surface area contributed by atoms with Crippen LogP contribution in [0.3, 0.4) is 0 Å². The maximum atomic E-state index is 10.8. The van der Waals surface area contributed by atoms with Crippen LogP contribution in [0.25, 0.3) is 0 Å². The van der Waals surface area contributed by atoms with Gasteiger partial charge >= 0.3 is 0 Å².